The van der Waals surface area contributed by atoms with Gasteiger partial charge < -0.3 is 10.5 Å². The van der Waals surface area contributed by atoms with Gasteiger partial charge in [0.15, 0.2) is 0 Å². The van der Waals surface area contributed by atoms with Gasteiger partial charge in [-0.3, -0.25) is 4.90 Å². The van der Waals surface area contributed by atoms with Crippen molar-refractivity contribution < 1.29 is 4.74 Å². The molecular formula is C12H26N2O. The van der Waals surface area contributed by atoms with Gasteiger partial charge in [-0.2, -0.15) is 0 Å². The molecule has 1 aliphatic rings. The number of nitrogens with zero attached hydrogens (tertiary/aromatic N) is 1. The molecule has 0 bridgehead atoms. The van der Waals surface area contributed by atoms with E-state index in [2.05, 4.69) is 18.7 Å². The largest absolute Gasteiger partial charge is 0.385 e. The third kappa shape index (κ3) is 3.44. The number of likely N-dealkylation sites (tertiary alicyclic amines) is 1. The van der Waals surface area contributed by atoms with E-state index in [-0.39, 0.29) is 5.54 Å². The zero-order chi connectivity index (χ0) is 11.3. The minimum absolute atomic E-state index is 0.130. The maximum absolute atomic E-state index is 5.93. The Morgan fingerprint density at radius 3 is 2.80 bits per heavy atom. The molecule has 0 saturated carbocycles. The molecule has 1 fully saturated rings. The average molecular weight is 214 g/mol. The topological polar surface area (TPSA) is 38.5 Å². The average Bonchev–Trinajstić information content (AvgIpc) is 2.26. The molecule has 3 nitrogen and oxygen atoms in total. The highest BCUT2D eigenvalue weighted by molar-refractivity contribution is 4.89. The van der Waals surface area contributed by atoms with Crippen LogP contribution in [0.5, 0.6) is 0 Å². The number of nitrogens with two attached hydrogens (primary N) is 1. The van der Waals surface area contributed by atoms with Crippen LogP contribution in [0.25, 0.3) is 0 Å². The molecule has 0 spiro atoms. The standard InChI is InChI=1S/C12H26N2O/c1-11-5-4-7-14(9-11)12(2,10-13)6-8-15-3/h11H,4-10,13H2,1-3H3. The number of hydrogen-bond acceptors (Lipinski definition) is 3. The Hall–Kier alpha value is -0.120. The van der Waals surface area contributed by atoms with E-state index >= 15 is 0 Å². The van der Waals surface area contributed by atoms with Gasteiger partial charge in [0.05, 0.1) is 0 Å². The number of hydrogen-bond donors (Lipinski definition) is 1. The van der Waals surface area contributed by atoms with Gasteiger partial charge in [0.1, 0.15) is 0 Å². The summed E-state index contributed by atoms with van der Waals surface area (Å²) in [5.74, 6) is 0.812. The Morgan fingerprint density at radius 1 is 1.53 bits per heavy atom. The van der Waals surface area contributed by atoms with Crippen molar-refractivity contribution in [3.8, 4) is 0 Å². The highest BCUT2D eigenvalue weighted by Crippen LogP contribution is 2.25. The van der Waals surface area contributed by atoms with Gasteiger partial charge in [0.2, 0.25) is 0 Å². The van der Waals surface area contributed by atoms with E-state index in [4.69, 9.17) is 10.5 Å². The van der Waals surface area contributed by atoms with E-state index in [1.165, 1.54) is 25.9 Å². The summed E-state index contributed by atoms with van der Waals surface area (Å²) in [6.07, 6.45) is 3.71. The van der Waals surface area contributed by atoms with Crippen LogP contribution in [0.1, 0.15) is 33.1 Å². The van der Waals surface area contributed by atoms with Crippen LogP contribution in [0.15, 0.2) is 0 Å². The lowest BCUT2D eigenvalue weighted by atomic mass is 9.90. The van der Waals surface area contributed by atoms with Crippen LogP contribution < -0.4 is 5.73 Å². The molecule has 0 radical (unpaired) electrons. The summed E-state index contributed by atoms with van der Waals surface area (Å²) >= 11 is 0. The van der Waals surface area contributed by atoms with Crippen molar-refractivity contribution in [3.05, 3.63) is 0 Å². The first kappa shape index (κ1) is 12.9. The molecule has 15 heavy (non-hydrogen) atoms. The zero-order valence-electron chi connectivity index (χ0n) is 10.5. The first-order valence-electron chi connectivity index (χ1n) is 6.06. The summed E-state index contributed by atoms with van der Waals surface area (Å²) < 4.78 is 5.17. The van der Waals surface area contributed by atoms with Gasteiger partial charge in [0, 0.05) is 32.3 Å². The Balaban J connectivity index is 2.54. The molecule has 0 aliphatic carbocycles. The molecule has 90 valence electrons. The van der Waals surface area contributed by atoms with Crippen LogP contribution in [0.3, 0.4) is 0 Å². The molecule has 0 amide bonds. The van der Waals surface area contributed by atoms with Crippen LogP contribution in [0.2, 0.25) is 0 Å². The van der Waals surface area contributed by atoms with Crippen LogP contribution in [0.4, 0.5) is 0 Å². The van der Waals surface area contributed by atoms with Gasteiger partial charge in [-0.25, -0.2) is 0 Å². The van der Waals surface area contributed by atoms with Crippen LogP contribution in [-0.4, -0.2) is 43.8 Å². The first-order chi connectivity index (χ1) is 7.12. The Morgan fingerprint density at radius 2 is 2.27 bits per heavy atom. The lowest BCUT2D eigenvalue weighted by molar-refractivity contribution is 0.0374. The summed E-state index contributed by atoms with van der Waals surface area (Å²) in [7, 11) is 1.76. The molecular weight excluding hydrogens is 188 g/mol. The molecule has 2 unspecified atom stereocenters. The predicted octanol–water partition coefficient (Wildman–Crippen LogP) is 1.47. The fourth-order valence-electron chi connectivity index (χ4n) is 2.39. The molecule has 1 aliphatic heterocycles. The van der Waals surface area contributed by atoms with Gasteiger partial charge in [-0.15, -0.1) is 0 Å². The summed E-state index contributed by atoms with van der Waals surface area (Å²) in [5.41, 5.74) is 6.06. The van der Waals surface area contributed by atoms with Crippen molar-refractivity contribution in [3.63, 3.8) is 0 Å². The Bertz CT molecular complexity index is 186. The third-order valence-electron chi connectivity index (χ3n) is 3.70. The summed E-state index contributed by atoms with van der Waals surface area (Å²) in [6, 6.07) is 0. The third-order valence-corrected chi connectivity index (χ3v) is 3.70. The highest BCUT2D eigenvalue weighted by atomic mass is 16.5. The lowest BCUT2D eigenvalue weighted by Crippen LogP contribution is -2.55. The quantitative estimate of drug-likeness (QED) is 0.753. The minimum Gasteiger partial charge on any atom is -0.385 e. The molecule has 2 atom stereocenters. The maximum atomic E-state index is 5.93. The smallest absolute Gasteiger partial charge is 0.0480 e. The van der Waals surface area contributed by atoms with Gasteiger partial charge in [-0.05, 0) is 38.6 Å². The van der Waals surface area contributed by atoms with E-state index < -0.39 is 0 Å². The summed E-state index contributed by atoms with van der Waals surface area (Å²) in [6.45, 7) is 8.52. The monoisotopic (exact) mass is 214 g/mol. The Labute approximate surface area is 94.0 Å². The van der Waals surface area contributed by atoms with Gasteiger partial charge >= 0.3 is 0 Å². The number of ether oxygens (including phenoxy) is 1. The van der Waals surface area contributed by atoms with E-state index in [1.807, 2.05) is 0 Å². The minimum atomic E-state index is 0.130. The van der Waals surface area contributed by atoms with E-state index in [1.54, 1.807) is 7.11 Å². The molecule has 0 aromatic carbocycles. The second kappa shape index (κ2) is 5.83. The van der Waals surface area contributed by atoms with Crippen molar-refractivity contribution in [1.82, 2.24) is 4.90 Å². The van der Waals surface area contributed by atoms with Crippen molar-refractivity contribution in [2.45, 2.75) is 38.6 Å². The molecule has 1 rings (SSSR count). The predicted molar refractivity (Wildman–Crippen MR) is 63.9 cm³/mol. The van der Waals surface area contributed by atoms with Crippen molar-refractivity contribution in [2.24, 2.45) is 11.7 Å². The van der Waals surface area contributed by atoms with Gasteiger partial charge in [-0.1, -0.05) is 6.92 Å². The van der Waals surface area contributed by atoms with Crippen molar-refractivity contribution in [1.29, 1.82) is 0 Å². The van der Waals surface area contributed by atoms with E-state index in [0.29, 0.717) is 0 Å². The number of methoxy groups -OCH3 is 1. The number of rotatable bonds is 5. The SMILES string of the molecule is COCCC(C)(CN)N1CCCC(C)C1. The molecule has 0 aromatic heterocycles. The zero-order valence-corrected chi connectivity index (χ0v) is 10.5. The summed E-state index contributed by atoms with van der Waals surface area (Å²) in [5, 5.41) is 0. The normalized spacial score (nSPS) is 27.6. The lowest BCUT2D eigenvalue weighted by Gasteiger charge is -2.44. The van der Waals surface area contributed by atoms with E-state index in [0.717, 1.165) is 25.5 Å². The second-order valence-corrected chi connectivity index (χ2v) is 5.14. The number of piperidine rings is 1. The highest BCUT2D eigenvalue weighted by Gasteiger charge is 2.32. The maximum Gasteiger partial charge on any atom is 0.0480 e. The fourth-order valence-corrected chi connectivity index (χ4v) is 2.39. The van der Waals surface area contributed by atoms with Crippen LogP contribution in [-0.2, 0) is 4.74 Å². The molecule has 3 heteroatoms. The first-order valence-corrected chi connectivity index (χ1v) is 6.06. The Kier molecular flexibility index (Phi) is 5.03. The van der Waals surface area contributed by atoms with Crippen LogP contribution in [0, 0.1) is 5.92 Å². The van der Waals surface area contributed by atoms with Crippen molar-refractivity contribution in [2.75, 3.05) is 33.4 Å². The molecule has 0 aromatic rings. The van der Waals surface area contributed by atoms with Gasteiger partial charge in [0.25, 0.3) is 0 Å². The van der Waals surface area contributed by atoms with Crippen LogP contribution >= 0.6 is 0 Å². The molecule has 1 heterocycles. The van der Waals surface area contributed by atoms with Crippen molar-refractivity contribution >= 4 is 0 Å². The molecule has 1 saturated heterocycles. The second-order valence-electron chi connectivity index (χ2n) is 5.14. The summed E-state index contributed by atoms with van der Waals surface area (Å²) in [4.78, 5) is 2.56. The van der Waals surface area contributed by atoms with E-state index in [9.17, 15) is 0 Å². The molecule has 2 N–H and O–H groups in total. The fraction of sp³-hybridized carbons (Fsp3) is 1.00.